The molecule has 6 aromatic rings. The van der Waals surface area contributed by atoms with Crippen molar-refractivity contribution in [3.05, 3.63) is 113 Å². The molecule has 36 heavy (non-hydrogen) atoms. The Labute approximate surface area is 210 Å². The third-order valence-electron chi connectivity index (χ3n) is 6.07. The molecule has 0 unspecified atom stereocenters. The minimum absolute atomic E-state index is 0.109. The van der Waals surface area contributed by atoms with Crippen molar-refractivity contribution < 1.29 is 4.74 Å². The fraction of sp³-hybridized carbons (Fsp3) is 0.111. The number of rotatable bonds is 7. The second-order valence-corrected chi connectivity index (χ2v) is 9.19. The molecule has 0 aliphatic carbocycles. The van der Waals surface area contributed by atoms with E-state index in [9.17, 15) is 4.79 Å². The summed E-state index contributed by atoms with van der Waals surface area (Å²) in [6.07, 6.45) is 3.68. The average molecular weight is 495 g/mol. The molecule has 0 spiro atoms. The van der Waals surface area contributed by atoms with Crippen LogP contribution in [0.25, 0.3) is 22.4 Å². The van der Waals surface area contributed by atoms with Gasteiger partial charge in [0.05, 0.1) is 30.2 Å². The molecule has 3 heterocycles. The Balaban J connectivity index is 1.38. The molecule has 0 bridgehead atoms. The lowest BCUT2D eigenvalue weighted by atomic mass is 10.2. The second kappa shape index (κ2) is 9.35. The highest BCUT2D eigenvalue weighted by molar-refractivity contribution is 7.98. The van der Waals surface area contributed by atoms with E-state index in [0.29, 0.717) is 23.5 Å². The Morgan fingerprint density at radius 2 is 1.72 bits per heavy atom. The molecule has 0 aliphatic rings. The lowest BCUT2D eigenvalue weighted by Gasteiger charge is -2.13. The Hall–Kier alpha value is -4.37. The van der Waals surface area contributed by atoms with Gasteiger partial charge in [0.15, 0.2) is 5.16 Å². The van der Waals surface area contributed by atoms with Crippen LogP contribution in [0.15, 0.2) is 101 Å². The number of benzene rings is 3. The Morgan fingerprint density at radius 1 is 0.917 bits per heavy atom. The maximum Gasteiger partial charge on any atom is 0.263 e. The maximum absolute atomic E-state index is 13.5. The standard InChI is InChI=1S/C27H22N6O2S/c1-35-24-10-5-2-7-20(24)17-31-25(34)22-8-3-4-9-23(22)33-26(31)29-30-27(33)36-18-19-11-13-21(14-12-19)32-16-6-15-28-32/h2-16H,17-18H2,1H3. The normalized spacial score (nSPS) is 11.4. The van der Waals surface area contributed by atoms with Gasteiger partial charge in [-0.15, -0.1) is 10.2 Å². The number of fused-ring (bicyclic) bond motifs is 3. The quantitative estimate of drug-likeness (QED) is 0.302. The molecule has 0 radical (unpaired) electrons. The molecule has 3 aromatic carbocycles. The molecule has 0 N–H and O–H groups in total. The van der Waals surface area contributed by atoms with E-state index in [0.717, 1.165) is 33.2 Å². The summed E-state index contributed by atoms with van der Waals surface area (Å²) in [5.41, 5.74) is 3.73. The van der Waals surface area contributed by atoms with Crippen LogP contribution in [0, 0.1) is 0 Å². The minimum atomic E-state index is -0.109. The predicted octanol–water partition coefficient (Wildman–Crippen LogP) is 4.58. The van der Waals surface area contributed by atoms with Crippen LogP contribution in [0.1, 0.15) is 11.1 Å². The average Bonchev–Trinajstić information content (AvgIpc) is 3.61. The molecule has 3 aromatic heterocycles. The van der Waals surface area contributed by atoms with E-state index >= 15 is 0 Å². The van der Waals surface area contributed by atoms with Gasteiger partial charge in [0.25, 0.3) is 5.56 Å². The van der Waals surface area contributed by atoms with Gasteiger partial charge in [-0.3, -0.25) is 13.8 Å². The highest BCUT2D eigenvalue weighted by Crippen LogP contribution is 2.26. The molecule has 0 saturated carbocycles. The Morgan fingerprint density at radius 3 is 2.53 bits per heavy atom. The zero-order valence-electron chi connectivity index (χ0n) is 19.5. The molecule has 0 amide bonds. The van der Waals surface area contributed by atoms with Crippen molar-refractivity contribution in [2.75, 3.05) is 7.11 Å². The first kappa shape index (κ1) is 22.1. The molecule has 0 saturated heterocycles. The van der Waals surface area contributed by atoms with Gasteiger partial charge in [0, 0.05) is 23.7 Å². The van der Waals surface area contributed by atoms with Crippen LogP contribution in [0.3, 0.4) is 0 Å². The topological polar surface area (TPSA) is 79.2 Å². The fourth-order valence-electron chi connectivity index (χ4n) is 4.29. The van der Waals surface area contributed by atoms with Gasteiger partial charge in [0.1, 0.15) is 5.75 Å². The summed E-state index contributed by atoms with van der Waals surface area (Å²) < 4.78 is 11.0. The molecule has 9 heteroatoms. The van der Waals surface area contributed by atoms with Crippen molar-refractivity contribution in [3.8, 4) is 11.4 Å². The van der Waals surface area contributed by atoms with E-state index in [-0.39, 0.29) is 5.56 Å². The van der Waals surface area contributed by atoms with Crippen LogP contribution in [0.5, 0.6) is 5.75 Å². The molecule has 178 valence electrons. The number of hydrogen-bond donors (Lipinski definition) is 0. The van der Waals surface area contributed by atoms with Crippen molar-refractivity contribution in [3.63, 3.8) is 0 Å². The lowest BCUT2D eigenvalue weighted by Crippen LogP contribution is -2.24. The third-order valence-corrected chi connectivity index (χ3v) is 7.07. The lowest BCUT2D eigenvalue weighted by molar-refractivity contribution is 0.408. The van der Waals surface area contributed by atoms with Crippen molar-refractivity contribution >= 4 is 28.4 Å². The monoisotopic (exact) mass is 494 g/mol. The molecule has 0 atom stereocenters. The molecule has 0 aliphatic heterocycles. The second-order valence-electron chi connectivity index (χ2n) is 8.24. The first-order chi connectivity index (χ1) is 17.7. The summed E-state index contributed by atoms with van der Waals surface area (Å²) >= 11 is 1.58. The van der Waals surface area contributed by atoms with Gasteiger partial charge in [0.2, 0.25) is 5.78 Å². The van der Waals surface area contributed by atoms with Gasteiger partial charge >= 0.3 is 0 Å². The summed E-state index contributed by atoms with van der Waals surface area (Å²) in [5, 5.41) is 14.5. The first-order valence-corrected chi connectivity index (χ1v) is 12.4. The summed E-state index contributed by atoms with van der Waals surface area (Å²) in [5.74, 6) is 1.93. The Kier molecular flexibility index (Phi) is 5.74. The number of nitrogens with zero attached hydrogens (tertiary/aromatic N) is 6. The molecule has 0 fully saturated rings. The number of hydrogen-bond acceptors (Lipinski definition) is 6. The molecular weight excluding hydrogens is 472 g/mol. The summed E-state index contributed by atoms with van der Waals surface area (Å²) in [4.78, 5) is 13.5. The van der Waals surface area contributed by atoms with Gasteiger partial charge in [-0.25, -0.2) is 4.68 Å². The zero-order chi connectivity index (χ0) is 24.5. The van der Waals surface area contributed by atoms with Gasteiger partial charge in [-0.05, 0) is 42.0 Å². The van der Waals surface area contributed by atoms with Crippen LogP contribution in [-0.4, -0.2) is 36.1 Å². The fourth-order valence-corrected chi connectivity index (χ4v) is 5.18. The van der Waals surface area contributed by atoms with Crippen molar-refractivity contribution in [2.45, 2.75) is 17.5 Å². The summed E-state index contributed by atoms with van der Waals surface area (Å²) in [6, 6.07) is 25.4. The summed E-state index contributed by atoms with van der Waals surface area (Å²) in [6.45, 7) is 0.328. The number of aromatic nitrogens is 6. The van der Waals surface area contributed by atoms with E-state index in [2.05, 4.69) is 27.4 Å². The van der Waals surface area contributed by atoms with E-state index < -0.39 is 0 Å². The SMILES string of the molecule is COc1ccccc1Cn1c(=O)c2ccccc2n2c(SCc3ccc(-n4cccn4)cc3)nnc12. The largest absolute Gasteiger partial charge is 0.496 e. The highest BCUT2D eigenvalue weighted by Gasteiger charge is 2.18. The van der Waals surface area contributed by atoms with E-state index in [1.807, 2.05) is 82.0 Å². The van der Waals surface area contributed by atoms with E-state index in [1.165, 1.54) is 0 Å². The maximum atomic E-state index is 13.5. The molecule has 6 rings (SSSR count). The van der Waals surface area contributed by atoms with Gasteiger partial charge in [-0.1, -0.05) is 54.2 Å². The van der Waals surface area contributed by atoms with Crippen molar-refractivity contribution in [1.29, 1.82) is 0 Å². The van der Waals surface area contributed by atoms with Crippen molar-refractivity contribution in [1.82, 2.24) is 28.9 Å². The number of para-hydroxylation sites is 2. The van der Waals surface area contributed by atoms with Crippen LogP contribution in [0.2, 0.25) is 0 Å². The zero-order valence-corrected chi connectivity index (χ0v) is 20.3. The van der Waals surface area contributed by atoms with E-state index in [1.54, 1.807) is 29.6 Å². The molecular formula is C27H22N6O2S. The van der Waals surface area contributed by atoms with Crippen LogP contribution >= 0.6 is 11.8 Å². The Bertz CT molecular complexity index is 1720. The number of thioether (sulfide) groups is 1. The smallest absolute Gasteiger partial charge is 0.263 e. The van der Waals surface area contributed by atoms with Gasteiger partial charge < -0.3 is 4.74 Å². The highest BCUT2D eigenvalue weighted by atomic mass is 32.2. The number of methoxy groups -OCH3 is 1. The number of ether oxygens (including phenoxy) is 1. The third kappa shape index (κ3) is 3.93. The van der Waals surface area contributed by atoms with E-state index in [4.69, 9.17) is 4.74 Å². The predicted molar refractivity (Wildman–Crippen MR) is 140 cm³/mol. The van der Waals surface area contributed by atoms with Gasteiger partial charge in [-0.2, -0.15) is 5.10 Å². The van der Waals surface area contributed by atoms with Crippen LogP contribution < -0.4 is 10.3 Å². The molecule has 8 nitrogen and oxygen atoms in total. The minimum Gasteiger partial charge on any atom is -0.496 e. The van der Waals surface area contributed by atoms with Crippen LogP contribution in [0.4, 0.5) is 0 Å². The van der Waals surface area contributed by atoms with Crippen LogP contribution in [-0.2, 0) is 12.3 Å². The van der Waals surface area contributed by atoms with Crippen molar-refractivity contribution in [2.24, 2.45) is 0 Å². The summed E-state index contributed by atoms with van der Waals surface area (Å²) in [7, 11) is 1.63. The first-order valence-electron chi connectivity index (χ1n) is 11.4.